The summed E-state index contributed by atoms with van der Waals surface area (Å²) in [5.74, 6) is 1.17. The molecule has 37 heavy (non-hydrogen) atoms. The maximum Gasteiger partial charge on any atom is 0.264 e. The number of methoxy groups -OCH3 is 2. The zero-order valence-electron chi connectivity index (χ0n) is 20.6. The van der Waals surface area contributed by atoms with Crippen molar-refractivity contribution in [3.63, 3.8) is 0 Å². The molecule has 1 N–H and O–H groups in total. The van der Waals surface area contributed by atoms with Gasteiger partial charge in [0.25, 0.3) is 15.9 Å². The standard InChI is InChI=1S/C29H28N2O5S/c1-35-26-16-10-22(11-17-26)20-30-29(32)24-12-8-23(9-13-24)21-31(25-14-18-27(36-2)19-15-25)37(33,34)28-6-4-3-5-7-28/h3-19H,20-21H2,1-2H3,(H,30,32). The van der Waals surface area contributed by atoms with Crippen LogP contribution in [-0.2, 0) is 23.1 Å². The fourth-order valence-electron chi connectivity index (χ4n) is 3.74. The van der Waals surface area contributed by atoms with Gasteiger partial charge in [-0.2, -0.15) is 0 Å². The van der Waals surface area contributed by atoms with Gasteiger partial charge in [-0.15, -0.1) is 0 Å². The highest BCUT2D eigenvalue weighted by atomic mass is 32.2. The molecule has 0 unspecified atom stereocenters. The van der Waals surface area contributed by atoms with Crippen LogP contribution in [0.4, 0.5) is 5.69 Å². The third-order valence-electron chi connectivity index (χ3n) is 5.85. The van der Waals surface area contributed by atoms with Crippen molar-refractivity contribution in [3.05, 3.63) is 120 Å². The maximum atomic E-state index is 13.5. The van der Waals surface area contributed by atoms with Crippen LogP contribution in [0.5, 0.6) is 11.5 Å². The van der Waals surface area contributed by atoms with E-state index >= 15 is 0 Å². The number of benzene rings is 4. The van der Waals surface area contributed by atoms with Crippen molar-refractivity contribution in [2.75, 3.05) is 18.5 Å². The van der Waals surface area contributed by atoms with Gasteiger partial charge in [-0.25, -0.2) is 8.42 Å². The predicted molar refractivity (Wildman–Crippen MR) is 143 cm³/mol. The van der Waals surface area contributed by atoms with Crippen molar-refractivity contribution in [1.82, 2.24) is 5.32 Å². The van der Waals surface area contributed by atoms with Crippen LogP contribution < -0.4 is 19.1 Å². The van der Waals surface area contributed by atoms with Gasteiger partial charge in [0.1, 0.15) is 11.5 Å². The Balaban J connectivity index is 1.51. The van der Waals surface area contributed by atoms with Crippen LogP contribution in [0.15, 0.2) is 108 Å². The van der Waals surface area contributed by atoms with E-state index in [1.54, 1.807) is 93.1 Å². The molecule has 4 aromatic carbocycles. The third-order valence-corrected chi connectivity index (χ3v) is 7.63. The second kappa shape index (κ2) is 11.6. The molecule has 0 aliphatic rings. The Hall–Kier alpha value is -4.30. The molecule has 1 amide bonds. The number of nitrogens with zero attached hydrogens (tertiary/aromatic N) is 1. The molecule has 0 aliphatic heterocycles. The topological polar surface area (TPSA) is 84.9 Å². The van der Waals surface area contributed by atoms with Crippen molar-refractivity contribution in [2.45, 2.75) is 18.0 Å². The van der Waals surface area contributed by atoms with Crippen molar-refractivity contribution >= 4 is 21.6 Å². The Bertz CT molecular complexity index is 1420. The van der Waals surface area contributed by atoms with Crippen LogP contribution in [0.1, 0.15) is 21.5 Å². The van der Waals surface area contributed by atoms with Gasteiger partial charge in [-0.3, -0.25) is 9.10 Å². The molecule has 4 aromatic rings. The minimum atomic E-state index is -3.84. The molecular formula is C29H28N2O5S. The molecule has 8 heteroatoms. The first kappa shape index (κ1) is 25.8. The SMILES string of the molecule is COc1ccc(CNC(=O)c2ccc(CN(c3ccc(OC)cc3)S(=O)(=O)c3ccccc3)cc2)cc1. The van der Waals surface area contributed by atoms with Crippen LogP contribution >= 0.6 is 0 Å². The summed E-state index contributed by atoms with van der Waals surface area (Å²) in [5, 5.41) is 2.90. The molecule has 0 heterocycles. The van der Waals surface area contributed by atoms with Gasteiger partial charge in [0, 0.05) is 12.1 Å². The maximum absolute atomic E-state index is 13.5. The predicted octanol–water partition coefficient (Wildman–Crippen LogP) is 5.03. The Kier molecular flexibility index (Phi) is 8.10. The highest BCUT2D eigenvalue weighted by molar-refractivity contribution is 7.92. The minimum Gasteiger partial charge on any atom is -0.497 e. The average molecular weight is 517 g/mol. The number of rotatable bonds is 10. The number of sulfonamides is 1. The quantitative estimate of drug-likeness (QED) is 0.320. The molecule has 190 valence electrons. The lowest BCUT2D eigenvalue weighted by molar-refractivity contribution is 0.0951. The normalized spacial score (nSPS) is 11.0. The Morgan fingerprint density at radius 1 is 0.730 bits per heavy atom. The second-order valence-electron chi connectivity index (χ2n) is 8.25. The van der Waals surface area contributed by atoms with Gasteiger partial charge in [0.15, 0.2) is 0 Å². The molecular weight excluding hydrogens is 488 g/mol. The van der Waals surface area contributed by atoms with E-state index in [4.69, 9.17) is 9.47 Å². The molecule has 0 fully saturated rings. The first-order chi connectivity index (χ1) is 17.9. The van der Waals surface area contributed by atoms with Crippen LogP contribution in [0, 0.1) is 0 Å². The highest BCUT2D eigenvalue weighted by Gasteiger charge is 2.25. The lowest BCUT2D eigenvalue weighted by Gasteiger charge is -2.25. The summed E-state index contributed by atoms with van der Waals surface area (Å²) in [4.78, 5) is 12.8. The van der Waals surface area contributed by atoms with E-state index in [-0.39, 0.29) is 17.3 Å². The number of hydrogen-bond donors (Lipinski definition) is 1. The zero-order chi connectivity index (χ0) is 26.3. The number of carbonyl (C=O) groups excluding carboxylic acids is 1. The van der Waals surface area contributed by atoms with Crippen molar-refractivity contribution in [3.8, 4) is 11.5 Å². The lowest BCUT2D eigenvalue weighted by Crippen LogP contribution is -2.30. The van der Waals surface area contributed by atoms with E-state index in [1.807, 2.05) is 24.3 Å². The minimum absolute atomic E-state index is 0.0945. The molecule has 0 bridgehead atoms. The van der Waals surface area contributed by atoms with Gasteiger partial charge in [0.2, 0.25) is 0 Å². The Morgan fingerprint density at radius 2 is 1.27 bits per heavy atom. The van der Waals surface area contributed by atoms with Crippen molar-refractivity contribution < 1.29 is 22.7 Å². The number of anilines is 1. The summed E-state index contributed by atoms with van der Waals surface area (Å²) in [7, 11) is -0.676. The lowest BCUT2D eigenvalue weighted by atomic mass is 10.1. The number of ether oxygens (including phenoxy) is 2. The summed E-state index contributed by atoms with van der Waals surface area (Å²) in [6.45, 7) is 0.475. The molecule has 0 radical (unpaired) electrons. The summed E-state index contributed by atoms with van der Waals surface area (Å²) >= 11 is 0. The molecule has 0 saturated carbocycles. The van der Waals surface area contributed by atoms with Crippen molar-refractivity contribution in [1.29, 1.82) is 0 Å². The van der Waals surface area contributed by atoms with E-state index in [0.717, 1.165) is 16.9 Å². The fourth-order valence-corrected chi connectivity index (χ4v) is 5.21. The molecule has 0 saturated heterocycles. The summed E-state index contributed by atoms with van der Waals surface area (Å²) in [5.41, 5.74) is 2.68. The van der Waals surface area contributed by atoms with Gasteiger partial charge in [-0.05, 0) is 71.8 Å². The molecule has 0 spiro atoms. The van der Waals surface area contributed by atoms with Crippen LogP contribution in [0.3, 0.4) is 0 Å². The number of amides is 1. The van der Waals surface area contributed by atoms with E-state index < -0.39 is 10.0 Å². The number of nitrogens with one attached hydrogen (secondary N) is 1. The molecule has 0 aliphatic carbocycles. The van der Waals surface area contributed by atoms with E-state index in [9.17, 15) is 13.2 Å². The van der Waals surface area contributed by atoms with E-state index in [1.165, 1.54) is 4.31 Å². The Labute approximate surface area is 217 Å². The first-order valence-corrected chi connectivity index (χ1v) is 13.1. The van der Waals surface area contributed by atoms with Gasteiger partial charge >= 0.3 is 0 Å². The largest absolute Gasteiger partial charge is 0.497 e. The second-order valence-corrected chi connectivity index (χ2v) is 10.1. The van der Waals surface area contributed by atoms with Crippen LogP contribution in [0.2, 0.25) is 0 Å². The average Bonchev–Trinajstić information content (AvgIpc) is 2.95. The Morgan fingerprint density at radius 3 is 1.84 bits per heavy atom. The molecule has 0 atom stereocenters. The smallest absolute Gasteiger partial charge is 0.264 e. The summed E-state index contributed by atoms with van der Waals surface area (Å²) < 4.78 is 38.8. The first-order valence-electron chi connectivity index (χ1n) is 11.6. The van der Waals surface area contributed by atoms with E-state index in [2.05, 4.69) is 5.32 Å². The van der Waals surface area contributed by atoms with Crippen LogP contribution in [0.25, 0.3) is 0 Å². The summed E-state index contributed by atoms with van der Waals surface area (Å²) in [6, 6.07) is 29.5. The zero-order valence-corrected chi connectivity index (χ0v) is 21.4. The van der Waals surface area contributed by atoms with E-state index in [0.29, 0.717) is 23.5 Å². The van der Waals surface area contributed by atoms with Crippen molar-refractivity contribution in [2.24, 2.45) is 0 Å². The van der Waals surface area contributed by atoms with Gasteiger partial charge in [-0.1, -0.05) is 42.5 Å². The van der Waals surface area contributed by atoms with Gasteiger partial charge in [0.05, 0.1) is 31.3 Å². The number of hydrogen-bond acceptors (Lipinski definition) is 5. The van der Waals surface area contributed by atoms with Gasteiger partial charge < -0.3 is 14.8 Å². The highest BCUT2D eigenvalue weighted by Crippen LogP contribution is 2.28. The number of carbonyl (C=O) groups is 1. The molecule has 7 nitrogen and oxygen atoms in total. The third kappa shape index (κ3) is 6.29. The molecule has 0 aromatic heterocycles. The monoisotopic (exact) mass is 516 g/mol. The van der Waals surface area contributed by atoms with Crippen LogP contribution in [-0.4, -0.2) is 28.5 Å². The fraction of sp³-hybridized carbons (Fsp3) is 0.138. The summed E-state index contributed by atoms with van der Waals surface area (Å²) in [6.07, 6.45) is 0. The molecule has 4 rings (SSSR count).